The number of aromatic hydroxyl groups is 1. The summed E-state index contributed by atoms with van der Waals surface area (Å²) in [5.74, 6) is 0.131. The van der Waals surface area contributed by atoms with Crippen molar-refractivity contribution in [3.8, 4) is 39.5 Å². The van der Waals surface area contributed by atoms with E-state index >= 15 is 0 Å². The number of nitrogens with zero attached hydrogens (tertiary/aromatic N) is 4. The number of aryl methyl sites for hydroxylation is 1. The number of imidazole rings is 1. The van der Waals surface area contributed by atoms with Crippen LogP contribution in [0.5, 0.6) is 5.88 Å². The SMILES string of the molecule is Cc1nc2c(-c3ccccc3-c3ccccc3)nc(-c3ccc(N(C)C)cc3)cn2c1O. The van der Waals surface area contributed by atoms with E-state index in [0.717, 1.165) is 39.3 Å². The van der Waals surface area contributed by atoms with E-state index < -0.39 is 0 Å². The van der Waals surface area contributed by atoms with Crippen LogP contribution in [0.3, 0.4) is 0 Å². The first-order valence-corrected chi connectivity index (χ1v) is 10.5. The molecule has 0 fully saturated rings. The molecule has 32 heavy (non-hydrogen) atoms. The fourth-order valence-electron chi connectivity index (χ4n) is 3.96. The normalized spacial score (nSPS) is 11.1. The molecule has 5 aromatic rings. The van der Waals surface area contributed by atoms with Crippen LogP contribution in [0.25, 0.3) is 39.3 Å². The number of hydrogen-bond acceptors (Lipinski definition) is 4. The summed E-state index contributed by atoms with van der Waals surface area (Å²) in [5.41, 5.74) is 7.96. The van der Waals surface area contributed by atoms with Crippen molar-refractivity contribution >= 4 is 11.3 Å². The molecule has 2 heterocycles. The summed E-state index contributed by atoms with van der Waals surface area (Å²) in [5, 5.41) is 10.7. The Morgan fingerprint density at radius 3 is 2.09 bits per heavy atom. The number of rotatable bonds is 4. The summed E-state index contributed by atoms with van der Waals surface area (Å²) in [6.07, 6.45) is 1.85. The zero-order valence-electron chi connectivity index (χ0n) is 18.3. The molecular weight excluding hydrogens is 396 g/mol. The van der Waals surface area contributed by atoms with Crippen molar-refractivity contribution < 1.29 is 5.11 Å². The molecule has 0 saturated heterocycles. The van der Waals surface area contributed by atoms with Crippen molar-refractivity contribution in [2.24, 2.45) is 0 Å². The van der Waals surface area contributed by atoms with Crippen LogP contribution in [-0.2, 0) is 0 Å². The Hall–Kier alpha value is -4.12. The molecule has 0 atom stereocenters. The highest BCUT2D eigenvalue weighted by atomic mass is 16.3. The molecule has 5 nitrogen and oxygen atoms in total. The Kier molecular flexibility index (Phi) is 4.86. The molecule has 0 spiro atoms. The van der Waals surface area contributed by atoms with Gasteiger partial charge in [0.1, 0.15) is 11.4 Å². The number of fused-ring (bicyclic) bond motifs is 1. The van der Waals surface area contributed by atoms with Gasteiger partial charge in [0.2, 0.25) is 5.88 Å². The van der Waals surface area contributed by atoms with Gasteiger partial charge in [0.05, 0.1) is 5.69 Å². The molecule has 0 aliphatic carbocycles. The van der Waals surface area contributed by atoms with Gasteiger partial charge in [-0.2, -0.15) is 0 Å². The molecule has 0 aliphatic rings. The van der Waals surface area contributed by atoms with Crippen molar-refractivity contribution in [2.75, 3.05) is 19.0 Å². The summed E-state index contributed by atoms with van der Waals surface area (Å²) in [7, 11) is 4.04. The molecule has 1 N–H and O–H groups in total. The van der Waals surface area contributed by atoms with Gasteiger partial charge in [-0.25, -0.2) is 9.97 Å². The van der Waals surface area contributed by atoms with Gasteiger partial charge in [-0.1, -0.05) is 66.7 Å². The van der Waals surface area contributed by atoms with Gasteiger partial charge < -0.3 is 10.0 Å². The van der Waals surface area contributed by atoms with Crippen LogP contribution in [0.15, 0.2) is 85.1 Å². The van der Waals surface area contributed by atoms with Gasteiger partial charge in [-0.3, -0.25) is 4.40 Å². The predicted molar refractivity (Wildman–Crippen MR) is 130 cm³/mol. The van der Waals surface area contributed by atoms with Gasteiger partial charge in [-0.05, 0) is 30.2 Å². The van der Waals surface area contributed by atoms with E-state index in [9.17, 15) is 5.11 Å². The third-order valence-electron chi connectivity index (χ3n) is 5.70. The Morgan fingerprint density at radius 1 is 0.750 bits per heavy atom. The summed E-state index contributed by atoms with van der Waals surface area (Å²) >= 11 is 0. The molecule has 158 valence electrons. The lowest BCUT2D eigenvalue weighted by molar-refractivity contribution is 0.444. The van der Waals surface area contributed by atoms with Crippen LogP contribution in [0.1, 0.15) is 5.69 Å². The molecule has 0 radical (unpaired) electrons. The molecule has 3 aromatic carbocycles. The van der Waals surface area contributed by atoms with Gasteiger partial charge in [0, 0.05) is 37.1 Å². The van der Waals surface area contributed by atoms with Crippen LogP contribution < -0.4 is 4.90 Å². The average Bonchev–Trinajstić information content (AvgIpc) is 3.12. The highest BCUT2D eigenvalue weighted by Gasteiger charge is 2.19. The fourth-order valence-corrected chi connectivity index (χ4v) is 3.96. The lowest BCUT2D eigenvalue weighted by Crippen LogP contribution is -2.08. The largest absolute Gasteiger partial charge is 0.493 e. The van der Waals surface area contributed by atoms with E-state index in [1.165, 1.54) is 0 Å². The third-order valence-corrected chi connectivity index (χ3v) is 5.70. The molecule has 0 amide bonds. The maximum absolute atomic E-state index is 10.7. The Labute approximate surface area is 187 Å². The van der Waals surface area contributed by atoms with Crippen LogP contribution in [-0.4, -0.2) is 33.6 Å². The Morgan fingerprint density at radius 2 is 1.41 bits per heavy atom. The molecule has 5 rings (SSSR count). The van der Waals surface area contributed by atoms with Crippen molar-refractivity contribution in [1.82, 2.24) is 14.4 Å². The maximum Gasteiger partial charge on any atom is 0.219 e. The zero-order chi connectivity index (χ0) is 22.2. The molecular formula is C27H24N4O. The lowest BCUT2D eigenvalue weighted by atomic mass is 9.97. The monoisotopic (exact) mass is 420 g/mol. The summed E-state index contributed by atoms with van der Waals surface area (Å²) in [6, 6.07) is 26.7. The molecule has 2 aromatic heterocycles. The summed E-state index contributed by atoms with van der Waals surface area (Å²) < 4.78 is 1.73. The third kappa shape index (κ3) is 3.38. The van der Waals surface area contributed by atoms with Gasteiger partial charge >= 0.3 is 0 Å². The van der Waals surface area contributed by atoms with Crippen LogP contribution in [0, 0.1) is 6.92 Å². The molecule has 0 unspecified atom stereocenters. The molecule has 0 saturated carbocycles. The zero-order valence-corrected chi connectivity index (χ0v) is 18.3. The molecule has 0 aliphatic heterocycles. The van der Waals surface area contributed by atoms with Crippen molar-refractivity contribution in [2.45, 2.75) is 6.92 Å². The van der Waals surface area contributed by atoms with Crippen LogP contribution in [0.2, 0.25) is 0 Å². The Balaban J connectivity index is 1.77. The standard InChI is InChI=1S/C27H24N4O/c1-18-27(32)31-17-24(20-13-15-21(16-14-20)30(2)3)29-25(26(31)28-18)23-12-8-7-11-22(23)19-9-5-4-6-10-19/h4-17,32H,1-3H3. The first-order valence-electron chi connectivity index (χ1n) is 10.5. The van der Waals surface area contributed by atoms with E-state index in [-0.39, 0.29) is 5.88 Å². The lowest BCUT2D eigenvalue weighted by Gasteiger charge is -2.14. The second kappa shape index (κ2) is 7.85. The minimum atomic E-state index is 0.131. The smallest absolute Gasteiger partial charge is 0.219 e. The molecule has 0 bridgehead atoms. The number of hydrogen-bond donors (Lipinski definition) is 1. The van der Waals surface area contributed by atoms with Crippen molar-refractivity contribution in [3.05, 3.63) is 90.8 Å². The summed E-state index contributed by atoms with van der Waals surface area (Å²) in [4.78, 5) is 11.8. The first kappa shape index (κ1) is 19.8. The first-order chi connectivity index (χ1) is 15.5. The van der Waals surface area contributed by atoms with Crippen LogP contribution in [0.4, 0.5) is 5.69 Å². The molecule has 5 heteroatoms. The van der Waals surface area contributed by atoms with E-state index in [2.05, 4.69) is 58.4 Å². The van der Waals surface area contributed by atoms with E-state index in [1.807, 2.05) is 50.6 Å². The number of benzene rings is 3. The van der Waals surface area contributed by atoms with Gasteiger partial charge in [0.25, 0.3) is 0 Å². The minimum Gasteiger partial charge on any atom is -0.493 e. The van der Waals surface area contributed by atoms with Crippen molar-refractivity contribution in [1.29, 1.82) is 0 Å². The predicted octanol–water partition coefficient (Wildman–Crippen LogP) is 5.81. The highest BCUT2D eigenvalue weighted by Crippen LogP contribution is 2.36. The number of anilines is 1. The van der Waals surface area contributed by atoms with E-state index in [1.54, 1.807) is 11.3 Å². The second-order valence-electron chi connectivity index (χ2n) is 8.04. The topological polar surface area (TPSA) is 53.7 Å². The quantitative estimate of drug-likeness (QED) is 0.399. The summed E-state index contributed by atoms with van der Waals surface area (Å²) in [6.45, 7) is 1.81. The average molecular weight is 421 g/mol. The minimum absolute atomic E-state index is 0.131. The number of aromatic nitrogens is 3. The van der Waals surface area contributed by atoms with Crippen LogP contribution >= 0.6 is 0 Å². The van der Waals surface area contributed by atoms with E-state index in [0.29, 0.717) is 11.3 Å². The highest BCUT2D eigenvalue weighted by molar-refractivity contribution is 5.88. The van der Waals surface area contributed by atoms with E-state index in [4.69, 9.17) is 4.98 Å². The van der Waals surface area contributed by atoms with Gasteiger partial charge in [0.15, 0.2) is 5.65 Å². The maximum atomic E-state index is 10.7. The van der Waals surface area contributed by atoms with Crippen molar-refractivity contribution in [3.63, 3.8) is 0 Å². The fraction of sp³-hybridized carbons (Fsp3) is 0.111. The van der Waals surface area contributed by atoms with Gasteiger partial charge in [-0.15, -0.1) is 0 Å². The Bertz CT molecular complexity index is 1400. The second-order valence-corrected chi connectivity index (χ2v) is 8.04.